The van der Waals surface area contributed by atoms with E-state index in [-0.39, 0.29) is 11.7 Å². The maximum Gasteiger partial charge on any atom is 0.328 e. The number of aryl methyl sites for hydroxylation is 1. The van der Waals surface area contributed by atoms with Crippen molar-refractivity contribution in [1.82, 2.24) is 0 Å². The van der Waals surface area contributed by atoms with Crippen molar-refractivity contribution in [2.24, 2.45) is 0 Å². The molecule has 0 fully saturated rings. The molecule has 0 saturated heterocycles. The fourth-order valence-electron chi connectivity index (χ4n) is 2.36. The van der Waals surface area contributed by atoms with Crippen LogP contribution in [0.25, 0.3) is 0 Å². The Morgan fingerprint density at radius 1 is 1.16 bits per heavy atom. The molecule has 0 amide bonds. The Balaban J connectivity index is 1.91. The lowest BCUT2D eigenvalue weighted by Gasteiger charge is -2.22. The normalized spacial score (nSPS) is 17.9. The number of ketones is 1. The Hall–Kier alpha value is -2.36. The molecule has 0 bridgehead atoms. The van der Waals surface area contributed by atoms with E-state index >= 15 is 0 Å². The maximum absolute atomic E-state index is 12.1. The van der Waals surface area contributed by atoms with Crippen molar-refractivity contribution in [3.63, 3.8) is 0 Å². The summed E-state index contributed by atoms with van der Waals surface area (Å²) in [5.41, 5.74) is 1.78. The summed E-state index contributed by atoms with van der Waals surface area (Å²) in [5, 5.41) is 0. The lowest BCUT2D eigenvalue weighted by Crippen LogP contribution is -2.30. The van der Waals surface area contributed by atoms with Crippen LogP contribution >= 0.6 is 0 Å². The molecule has 4 nitrogen and oxygen atoms in total. The van der Waals surface area contributed by atoms with Crippen LogP contribution in [0.2, 0.25) is 0 Å². The first kappa shape index (κ1) is 11.7. The lowest BCUT2D eigenvalue weighted by molar-refractivity contribution is -0.141. The number of benzene rings is 1. The molecule has 2 aromatic rings. The van der Waals surface area contributed by atoms with Gasteiger partial charge in [-0.05, 0) is 23.6 Å². The minimum absolute atomic E-state index is 0.102. The Bertz CT molecular complexity index is 613. The van der Waals surface area contributed by atoms with Crippen molar-refractivity contribution in [3.05, 3.63) is 53.8 Å². The molecule has 0 spiro atoms. The highest BCUT2D eigenvalue weighted by Crippen LogP contribution is 2.30. The highest BCUT2D eigenvalue weighted by atomic mass is 16.6. The SMILES string of the molecule is O=C1CCc2ccccc2C1C(=O)Oc1ccco1. The Labute approximate surface area is 110 Å². The average Bonchev–Trinajstić information content (AvgIpc) is 2.91. The maximum atomic E-state index is 12.1. The van der Waals surface area contributed by atoms with Crippen molar-refractivity contribution in [2.45, 2.75) is 18.8 Å². The van der Waals surface area contributed by atoms with Gasteiger partial charge in [0.05, 0.1) is 6.26 Å². The lowest BCUT2D eigenvalue weighted by atomic mass is 9.82. The van der Waals surface area contributed by atoms with Crippen LogP contribution < -0.4 is 4.74 Å². The van der Waals surface area contributed by atoms with Crippen LogP contribution in [0.3, 0.4) is 0 Å². The molecule has 19 heavy (non-hydrogen) atoms. The molecule has 1 aromatic heterocycles. The van der Waals surface area contributed by atoms with E-state index in [4.69, 9.17) is 9.15 Å². The number of hydrogen-bond acceptors (Lipinski definition) is 4. The largest absolute Gasteiger partial charge is 0.434 e. The van der Waals surface area contributed by atoms with Crippen molar-refractivity contribution in [2.75, 3.05) is 0 Å². The van der Waals surface area contributed by atoms with Crippen LogP contribution in [0, 0.1) is 0 Å². The second-order valence-corrected chi connectivity index (χ2v) is 4.45. The summed E-state index contributed by atoms with van der Waals surface area (Å²) in [6, 6.07) is 10.6. The molecule has 1 aliphatic rings. The quantitative estimate of drug-likeness (QED) is 0.612. The van der Waals surface area contributed by atoms with Crippen molar-refractivity contribution in [3.8, 4) is 5.95 Å². The highest BCUT2D eigenvalue weighted by molar-refractivity contribution is 6.06. The number of furan rings is 1. The summed E-state index contributed by atoms with van der Waals surface area (Å²) >= 11 is 0. The zero-order valence-corrected chi connectivity index (χ0v) is 10.2. The molecule has 0 aliphatic heterocycles. The van der Waals surface area contributed by atoms with Gasteiger partial charge in [-0.2, -0.15) is 0 Å². The second-order valence-electron chi connectivity index (χ2n) is 4.45. The van der Waals surface area contributed by atoms with Crippen LogP contribution in [0.5, 0.6) is 5.95 Å². The number of Topliss-reactive ketones (excluding diaryl/α,β-unsaturated/α-hetero) is 1. The number of esters is 1. The van der Waals surface area contributed by atoms with Gasteiger partial charge in [0.15, 0.2) is 5.78 Å². The molecule has 1 aromatic carbocycles. The standard InChI is InChI=1S/C15H12O4/c16-12-8-7-10-4-1-2-5-11(10)14(12)15(17)19-13-6-3-9-18-13/h1-6,9,14H,7-8H2. The number of ether oxygens (including phenoxy) is 1. The third kappa shape index (κ3) is 2.17. The number of rotatable bonds is 2. The number of fused-ring (bicyclic) bond motifs is 1. The molecule has 4 heteroatoms. The van der Waals surface area contributed by atoms with E-state index in [0.29, 0.717) is 12.8 Å². The van der Waals surface area contributed by atoms with Gasteiger partial charge in [-0.1, -0.05) is 24.3 Å². The van der Waals surface area contributed by atoms with Gasteiger partial charge in [0.25, 0.3) is 5.95 Å². The fourth-order valence-corrected chi connectivity index (χ4v) is 2.36. The average molecular weight is 256 g/mol. The van der Waals surface area contributed by atoms with E-state index < -0.39 is 11.9 Å². The third-order valence-corrected chi connectivity index (χ3v) is 3.26. The molecular weight excluding hydrogens is 244 g/mol. The molecular formula is C15H12O4. The first-order valence-electron chi connectivity index (χ1n) is 6.11. The molecule has 0 saturated carbocycles. The Morgan fingerprint density at radius 2 is 2.00 bits per heavy atom. The first-order chi connectivity index (χ1) is 9.25. The van der Waals surface area contributed by atoms with Crippen LogP contribution in [0.15, 0.2) is 47.1 Å². The molecule has 96 valence electrons. The van der Waals surface area contributed by atoms with Crippen LogP contribution in [0.1, 0.15) is 23.5 Å². The van der Waals surface area contributed by atoms with Gasteiger partial charge in [0, 0.05) is 12.5 Å². The van der Waals surface area contributed by atoms with Crippen LogP contribution in [0.4, 0.5) is 0 Å². The number of carbonyl (C=O) groups excluding carboxylic acids is 2. The Morgan fingerprint density at radius 3 is 2.79 bits per heavy atom. The van der Waals surface area contributed by atoms with E-state index in [9.17, 15) is 9.59 Å². The Kier molecular flexibility index (Phi) is 2.91. The van der Waals surface area contributed by atoms with Gasteiger partial charge in [0.1, 0.15) is 5.92 Å². The summed E-state index contributed by atoms with van der Waals surface area (Å²) in [5.74, 6) is -1.40. The zero-order valence-electron chi connectivity index (χ0n) is 10.2. The van der Waals surface area contributed by atoms with Gasteiger partial charge in [0.2, 0.25) is 0 Å². The van der Waals surface area contributed by atoms with Crippen molar-refractivity contribution in [1.29, 1.82) is 0 Å². The van der Waals surface area contributed by atoms with E-state index in [1.807, 2.05) is 18.2 Å². The monoisotopic (exact) mass is 256 g/mol. The minimum atomic E-state index is -0.838. The summed E-state index contributed by atoms with van der Waals surface area (Å²) in [4.78, 5) is 24.1. The number of hydrogen-bond donors (Lipinski definition) is 0. The second kappa shape index (κ2) is 4.72. The fraction of sp³-hybridized carbons (Fsp3) is 0.200. The molecule has 1 aliphatic carbocycles. The van der Waals surface area contributed by atoms with Crippen LogP contribution in [-0.2, 0) is 16.0 Å². The molecule has 0 N–H and O–H groups in total. The van der Waals surface area contributed by atoms with E-state index in [1.54, 1.807) is 12.1 Å². The predicted molar refractivity (Wildman–Crippen MR) is 66.9 cm³/mol. The van der Waals surface area contributed by atoms with E-state index in [2.05, 4.69) is 0 Å². The predicted octanol–water partition coefficient (Wildman–Crippen LogP) is 2.48. The van der Waals surface area contributed by atoms with Gasteiger partial charge in [-0.25, -0.2) is 0 Å². The minimum Gasteiger partial charge on any atom is -0.434 e. The summed E-state index contributed by atoms with van der Waals surface area (Å²) < 4.78 is 10.1. The van der Waals surface area contributed by atoms with E-state index in [0.717, 1.165) is 11.1 Å². The van der Waals surface area contributed by atoms with Gasteiger partial charge in [-0.15, -0.1) is 0 Å². The molecule has 1 heterocycles. The summed E-state index contributed by atoms with van der Waals surface area (Å²) in [6.45, 7) is 0. The van der Waals surface area contributed by atoms with Crippen molar-refractivity contribution < 1.29 is 18.7 Å². The summed E-state index contributed by atoms with van der Waals surface area (Å²) in [7, 11) is 0. The summed E-state index contributed by atoms with van der Waals surface area (Å²) in [6.07, 6.45) is 2.47. The molecule has 1 atom stereocenters. The number of carbonyl (C=O) groups is 2. The zero-order chi connectivity index (χ0) is 13.2. The van der Waals surface area contributed by atoms with E-state index in [1.165, 1.54) is 12.3 Å². The molecule has 3 rings (SSSR count). The van der Waals surface area contributed by atoms with Gasteiger partial charge in [-0.3, -0.25) is 9.59 Å². The third-order valence-electron chi connectivity index (χ3n) is 3.26. The van der Waals surface area contributed by atoms with Gasteiger partial charge >= 0.3 is 5.97 Å². The molecule has 1 unspecified atom stereocenters. The van der Waals surface area contributed by atoms with Crippen molar-refractivity contribution >= 4 is 11.8 Å². The highest BCUT2D eigenvalue weighted by Gasteiger charge is 2.35. The first-order valence-corrected chi connectivity index (χ1v) is 6.11. The topological polar surface area (TPSA) is 56.5 Å². The van der Waals surface area contributed by atoms with Crippen LogP contribution in [-0.4, -0.2) is 11.8 Å². The van der Waals surface area contributed by atoms with Gasteiger partial charge < -0.3 is 9.15 Å². The molecule has 0 radical (unpaired) electrons. The smallest absolute Gasteiger partial charge is 0.328 e.